The number of carbonyl (C=O) groups is 2. The zero-order valence-corrected chi connectivity index (χ0v) is 17.8. The summed E-state index contributed by atoms with van der Waals surface area (Å²) < 4.78 is 0. The molecule has 1 saturated heterocycles. The predicted octanol–water partition coefficient (Wildman–Crippen LogP) is 5.06. The molecular formula is C23H28ClN3O2. The number of nitrogens with one attached hydrogen (secondary N) is 1. The largest absolute Gasteiger partial charge is 0.371 e. The van der Waals surface area contributed by atoms with E-state index >= 15 is 0 Å². The quantitative estimate of drug-likeness (QED) is 0.719. The minimum Gasteiger partial charge on any atom is -0.371 e. The first-order valence-corrected chi connectivity index (χ1v) is 10.7. The van der Waals surface area contributed by atoms with Gasteiger partial charge in [0.2, 0.25) is 0 Å². The van der Waals surface area contributed by atoms with E-state index in [2.05, 4.69) is 10.2 Å². The molecule has 29 heavy (non-hydrogen) atoms. The number of amides is 2. The van der Waals surface area contributed by atoms with Crippen LogP contribution in [0, 0.1) is 0 Å². The fourth-order valence-corrected chi connectivity index (χ4v) is 3.94. The third-order valence-corrected chi connectivity index (χ3v) is 5.68. The lowest BCUT2D eigenvalue weighted by Crippen LogP contribution is -2.35. The van der Waals surface area contributed by atoms with Crippen molar-refractivity contribution >= 4 is 34.8 Å². The maximum atomic E-state index is 13.2. The van der Waals surface area contributed by atoms with E-state index in [4.69, 9.17) is 11.6 Å². The third kappa shape index (κ3) is 4.91. The van der Waals surface area contributed by atoms with Gasteiger partial charge in [-0.1, -0.05) is 23.7 Å². The summed E-state index contributed by atoms with van der Waals surface area (Å²) in [4.78, 5) is 29.9. The van der Waals surface area contributed by atoms with Crippen LogP contribution in [0.1, 0.15) is 53.8 Å². The summed E-state index contributed by atoms with van der Waals surface area (Å²) in [6, 6.07) is 12.5. The van der Waals surface area contributed by atoms with E-state index in [-0.39, 0.29) is 11.8 Å². The van der Waals surface area contributed by atoms with Gasteiger partial charge in [0, 0.05) is 37.6 Å². The smallest absolute Gasteiger partial charge is 0.257 e. The fourth-order valence-electron chi connectivity index (χ4n) is 3.72. The maximum absolute atomic E-state index is 13.2. The molecule has 0 bridgehead atoms. The zero-order valence-electron chi connectivity index (χ0n) is 17.1. The summed E-state index contributed by atoms with van der Waals surface area (Å²) >= 11 is 6.14. The molecule has 2 amide bonds. The van der Waals surface area contributed by atoms with Crippen LogP contribution >= 0.6 is 11.6 Å². The van der Waals surface area contributed by atoms with Gasteiger partial charge >= 0.3 is 0 Å². The van der Waals surface area contributed by atoms with Gasteiger partial charge in [0.05, 0.1) is 16.1 Å². The highest BCUT2D eigenvalue weighted by Crippen LogP contribution is 2.29. The van der Waals surface area contributed by atoms with Crippen molar-refractivity contribution in [1.82, 2.24) is 4.90 Å². The second-order valence-electron chi connectivity index (χ2n) is 7.19. The summed E-state index contributed by atoms with van der Waals surface area (Å²) in [5.74, 6) is -0.299. The molecule has 154 valence electrons. The van der Waals surface area contributed by atoms with Crippen LogP contribution in [0.3, 0.4) is 0 Å². The second-order valence-corrected chi connectivity index (χ2v) is 7.60. The number of halogens is 1. The molecule has 1 heterocycles. The Labute approximate surface area is 177 Å². The van der Waals surface area contributed by atoms with E-state index in [1.807, 2.05) is 30.9 Å². The number of rotatable bonds is 6. The highest BCUT2D eigenvalue weighted by Gasteiger charge is 2.22. The van der Waals surface area contributed by atoms with Crippen LogP contribution in [0.5, 0.6) is 0 Å². The second kappa shape index (κ2) is 9.79. The van der Waals surface area contributed by atoms with Crippen LogP contribution in [0.4, 0.5) is 11.4 Å². The Bertz CT molecular complexity index is 874. The van der Waals surface area contributed by atoms with Crippen molar-refractivity contribution < 1.29 is 9.59 Å². The lowest BCUT2D eigenvalue weighted by molar-refractivity contribution is 0.0773. The van der Waals surface area contributed by atoms with Gasteiger partial charge in [0.1, 0.15) is 0 Å². The molecule has 5 nitrogen and oxygen atoms in total. The molecule has 1 aliphatic rings. The molecule has 0 unspecified atom stereocenters. The maximum Gasteiger partial charge on any atom is 0.257 e. The molecule has 0 aromatic heterocycles. The lowest BCUT2D eigenvalue weighted by atomic mass is 10.0. The average molecular weight is 414 g/mol. The van der Waals surface area contributed by atoms with Crippen molar-refractivity contribution in [3.05, 3.63) is 58.6 Å². The highest BCUT2D eigenvalue weighted by atomic mass is 35.5. The van der Waals surface area contributed by atoms with E-state index in [1.165, 1.54) is 6.42 Å². The Hall–Kier alpha value is -2.53. The summed E-state index contributed by atoms with van der Waals surface area (Å²) in [6.45, 7) is 7.14. The van der Waals surface area contributed by atoms with Crippen LogP contribution in [-0.4, -0.2) is 42.9 Å². The molecule has 1 N–H and O–H groups in total. The summed E-state index contributed by atoms with van der Waals surface area (Å²) in [6.07, 6.45) is 3.48. The Kier molecular flexibility index (Phi) is 7.15. The molecule has 1 fully saturated rings. The molecule has 2 aromatic carbocycles. The van der Waals surface area contributed by atoms with E-state index in [9.17, 15) is 9.59 Å². The number of nitrogens with zero attached hydrogens (tertiary/aromatic N) is 2. The number of hydrogen-bond donors (Lipinski definition) is 1. The standard InChI is InChI=1S/C23H28ClN3O2/c1-3-26(4-2)23(29)19-16-17(12-13-21(19)27-14-8-5-9-15-27)25-22(28)18-10-6-7-11-20(18)24/h6-7,10-13,16H,3-5,8-9,14-15H2,1-2H3,(H,25,28). The zero-order chi connectivity index (χ0) is 20.8. The van der Waals surface area contributed by atoms with Gasteiger partial charge in [0.25, 0.3) is 11.8 Å². The number of carbonyl (C=O) groups excluding carboxylic acids is 2. The summed E-state index contributed by atoms with van der Waals surface area (Å²) in [5, 5.41) is 3.28. The lowest BCUT2D eigenvalue weighted by Gasteiger charge is -2.31. The molecule has 0 atom stereocenters. The van der Waals surface area contributed by atoms with Gasteiger partial charge in [-0.3, -0.25) is 9.59 Å². The van der Waals surface area contributed by atoms with E-state index in [0.717, 1.165) is 31.6 Å². The van der Waals surface area contributed by atoms with Crippen LogP contribution in [-0.2, 0) is 0 Å². The van der Waals surface area contributed by atoms with Gasteiger partial charge in [-0.25, -0.2) is 0 Å². The van der Waals surface area contributed by atoms with Crippen molar-refractivity contribution in [2.24, 2.45) is 0 Å². The van der Waals surface area contributed by atoms with E-state index in [0.29, 0.717) is 34.9 Å². The van der Waals surface area contributed by atoms with Crippen LogP contribution < -0.4 is 10.2 Å². The molecule has 0 aliphatic carbocycles. The van der Waals surface area contributed by atoms with Gasteiger partial charge in [0.15, 0.2) is 0 Å². The first kappa shape index (κ1) is 21.2. The molecular weight excluding hydrogens is 386 g/mol. The molecule has 0 spiro atoms. The van der Waals surface area contributed by atoms with E-state index in [1.54, 1.807) is 30.3 Å². The number of piperidine rings is 1. The minimum atomic E-state index is -0.289. The van der Waals surface area contributed by atoms with Crippen molar-refractivity contribution in [2.45, 2.75) is 33.1 Å². The van der Waals surface area contributed by atoms with Gasteiger partial charge in [-0.15, -0.1) is 0 Å². The first-order valence-electron chi connectivity index (χ1n) is 10.3. The van der Waals surface area contributed by atoms with Crippen molar-refractivity contribution in [3.63, 3.8) is 0 Å². The highest BCUT2D eigenvalue weighted by molar-refractivity contribution is 6.34. The molecule has 0 radical (unpaired) electrons. The SMILES string of the molecule is CCN(CC)C(=O)c1cc(NC(=O)c2ccccc2Cl)ccc1N1CCCCC1. The van der Waals surface area contributed by atoms with Gasteiger partial charge in [-0.2, -0.15) is 0 Å². The minimum absolute atomic E-state index is 0.00980. The fraction of sp³-hybridized carbons (Fsp3) is 0.391. The molecule has 1 aliphatic heterocycles. The van der Waals surface area contributed by atoms with Crippen LogP contribution in [0.25, 0.3) is 0 Å². The van der Waals surface area contributed by atoms with E-state index < -0.39 is 0 Å². The Morgan fingerprint density at radius 3 is 2.34 bits per heavy atom. The number of benzene rings is 2. The van der Waals surface area contributed by atoms with Crippen molar-refractivity contribution in [1.29, 1.82) is 0 Å². The Balaban J connectivity index is 1.93. The van der Waals surface area contributed by atoms with Crippen LogP contribution in [0.2, 0.25) is 5.02 Å². The number of hydrogen-bond acceptors (Lipinski definition) is 3. The third-order valence-electron chi connectivity index (χ3n) is 5.35. The normalized spacial score (nSPS) is 13.8. The topological polar surface area (TPSA) is 52.7 Å². The molecule has 2 aromatic rings. The Morgan fingerprint density at radius 1 is 1.00 bits per heavy atom. The van der Waals surface area contributed by atoms with Gasteiger partial charge in [-0.05, 0) is 63.4 Å². The molecule has 6 heteroatoms. The number of anilines is 2. The van der Waals surface area contributed by atoms with Gasteiger partial charge < -0.3 is 15.1 Å². The molecule has 0 saturated carbocycles. The van der Waals surface area contributed by atoms with Crippen LogP contribution in [0.15, 0.2) is 42.5 Å². The Morgan fingerprint density at radius 2 is 1.69 bits per heavy atom. The van der Waals surface area contributed by atoms with Crippen molar-refractivity contribution in [2.75, 3.05) is 36.4 Å². The van der Waals surface area contributed by atoms with Crippen molar-refractivity contribution in [3.8, 4) is 0 Å². The monoisotopic (exact) mass is 413 g/mol. The average Bonchev–Trinajstić information content (AvgIpc) is 2.75. The first-order chi connectivity index (χ1) is 14.0. The predicted molar refractivity (Wildman–Crippen MR) is 119 cm³/mol. The summed E-state index contributed by atoms with van der Waals surface area (Å²) in [7, 11) is 0. The summed E-state index contributed by atoms with van der Waals surface area (Å²) in [5.41, 5.74) is 2.57. The molecule has 3 rings (SSSR count).